The van der Waals surface area contributed by atoms with E-state index in [4.69, 9.17) is 4.42 Å². The summed E-state index contributed by atoms with van der Waals surface area (Å²) in [4.78, 5) is 18.8. The number of hydrogen-bond acceptors (Lipinski definition) is 7. The standard InChI is InChI=1S/C18H17FN4O2S2/c1-11-20-13(10-26-11)9-16-21-22-18(25-16)27-15-6-3-7-23(17(15)24)14-5-2-4-12(19)8-14/h2,4-5,8,10,15H,3,6-7,9H2,1H3. The highest BCUT2D eigenvalue weighted by atomic mass is 32.2. The fourth-order valence-electron chi connectivity index (χ4n) is 2.98. The van der Waals surface area contributed by atoms with Crippen molar-refractivity contribution in [1.29, 1.82) is 0 Å². The largest absolute Gasteiger partial charge is 0.416 e. The maximum atomic E-state index is 13.5. The molecule has 3 aromatic rings. The molecule has 3 heterocycles. The molecule has 0 radical (unpaired) electrons. The molecule has 1 aliphatic rings. The number of anilines is 1. The first kappa shape index (κ1) is 18.1. The van der Waals surface area contributed by atoms with Crippen LogP contribution >= 0.6 is 23.1 Å². The molecule has 1 unspecified atom stereocenters. The van der Waals surface area contributed by atoms with Gasteiger partial charge in [-0.1, -0.05) is 17.8 Å². The summed E-state index contributed by atoms with van der Waals surface area (Å²) >= 11 is 2.84. The first-order valence-corrected chi connectivity index (χ1v) is 10.3. The van der Waals surface area contributed by atoms with Crippen molar-refractivity contribution >= 4 is 34.7 Å². The summed E-state index contributed by atoms with van der Waals surface area (Å²) in [5.41, 5.74) is 1.47. The van der Waals surface area contributed by atoms with E-state index < -0.39 is 0 Å². The van der Waals surface area contributed by atoms with Gasteiger partial charge in [-0.15, -0.1) is 21.5 Å². The highest BCUT2D eigenvalue weighted by Crippen LogP contribution is 2.32. The van der Waals surface area contributed by atoms with E-state index in [1.165, 1.54) is 23.9 Å². The molecule has 4 rings (SSSR count). The van der Waals surface area contributed by atoms with Crippen LogP contribution in [0.25, 0.3) is 0 Å². The van der Waals surface area contributed by atoms with Crippen molar-refractivity contribution in [2.45, 2.75) is 36.7 Å². The van der Waals surface area contributed by atoms with Crippen LogP contribution < -0.4 is 4.90 Å². The Morgan fingerprint density at radius 1 is 1.41 bits per heavy atom. The van der Waals surface area contributed by atoms with Gasteiger partial charge in [0.25, 0.3) is 5.22 Å². The van der Waals surface area contributed by atoms with Crippen LogP contribution in [0.3, 0.4) is 0 Å². The molecule has 0 saturated carbocycles. The van der Waals surface area contributed by atoms with Crippen molar-refractivity contribution in [3.8, 4) is 0 Å². The molecule has 27 heavy (non-hydrogen) atoms. The van der Waals surface area contributed by atoms with Crippen LogP contribution in [0.5, 0.6) is 0 Å². The average molecular weight is 404 g/mol. The zero-order valence-electron chi connectivity index (χ0n) is 14.6. The number of carbonyl (C=O) groups excluding carboxylic acids is 1. The van der Waals surface area contributed by atoms with Gasteiger partial charge in [0.15, 0.2) is 0 Å². The molecule has 1 aliphatic heterocycles. The van der Waals surface area contributed by atoms with E-state index in [-0.39, 0.29) is 17.0 Å². The van der Waals surface area contributed by atoms with Crippen molar-refractivity contribution in [3.05, 3.63) is 52.1 Å². The van der Waals surface area contributed by atoms with Gasteiger partial charge in [0.05, 0.1) is 22.4 Å². The minimum Gasteiger partial charge on any atom is -0.416 e. The van der Waals surface area contributed by atoms with E-state index in [1.54, 1.807) is 28.4 Å². The number of rotatable bonds is 5. The summed E-state index contributed by atoms with van der Waals surface area (Å²) in [7, 11) is 0. The molecule has 1 amide bonds. The second kappa shape index (κ2) is 7.77. The highest BCUT2D eigenvalue weighted by molar-refractivity contribution is 8.00. The predicted octanol–water partition coefficient (Wildman–Crippen LogP) is 3.85. The maximum absolute atomic E-state index is 13.5. The lowest BCUT2D eigenvalue weighted by Gasteiger charge is -2.31. The summed E-state index contributed by atoms with van der Waals surface area (Å²) in [6.07, 6.45) is 2.03. The minimum atomic E-state index is -0.353. The number of benzene rings is 1. The minimum absolute atomic E-state index is 0.0632. The smallest absolute Gasteiger partial charge is 0.277 e. The fraction of sp³-hybridized carbons (Fsp3) is 0.333. The first-order chi connectivity index (χ1) is 13.1. The third-order valence-electron chi connectivity index (χ3n) is 4.20. The summed E-state index contributed by atoms with van der Waals surface area (Å²) in [5, 5.41) is 11.1. The Morgan fingerprint density at radius 2 is 2.30 bits per heavy atom. The van der Waals surface area contributed by atoms with Gasteiger partial charge in [-0.25, -0.2) is 9.37 Å². The quantitative estimate of drug-likeness (QED) is 0.643. The number of amides is 1. The second-order valence-electron chi connectivity index (χ2n) is 6.21. The van der Waals surface area contributed by atoms with Crippen molar-refractivity contribution in [3.63, 3.8) is 0 Å². The fourth-order valence-corrected chi connectivity index (χ4v) is 4.58. The molecular formula is C18H17FN4O2S2. The zero-order chi connectivity index (χ0) is 18.8. The molecular weight excluding hydrogens is 387 g/mol. The summed E-state index contributed by atoms with van der Waals surface area (Å²) in [6.45, 7) is 2.53. The van der Waals surface area contributed by atoms with Crippen molar-refractivity contribution in [2.75, 3.05) is 11.4 Å². The Hall–Kier alpha value is -2.26. The Kier molecular flexibility index (Phi) is 5.22. The van der Waals surface area contributed by atoms with Crippen molar-refractivity contribution in [1.82, 2.24) is 15.2 Å². The number of carbonyl (C=O) groups is 1. The van der Waals surface area contributed by atoms with Gasteiger partial charge in [-0.2, -0.15) is 0 Å². The molecule has 9 heteroatoms. The lowest BCUT2D eigenvalue weighted by atomic mass is 10.1. The molecule has 1 fully saturated rings. The van der Waals surface area contributed by atoms with Gasteiger partial charge < -0.3 is 9.32 Å². The van der Waals surface area contributed by atoms with Crippen LogP contribution in [0.1, 0.15) is 29.4 Å². The Morgan fingerprint density at radius 3 is 3.07 bits per heavy atom. The van der Waals surface area contributed by atoms with Crippen LogP contribution in [-0.2, 0) is 11.2 Å². The molecule has 0 N–H and O–H groups in total. The van der Waals surface area contributed by atoms with E-state index in [0.29, 0.717) is 29.8 Å². The number of piperidine rings is 1. The molecule has 0 bridgehead atoms. The number of aromatic nitrogens is 3. The van der Waals surface area contributed by atoms with Gasteiger partial charge in [-0.3, -0.25) is 4.79 Å². The van der Waals surface area contributed by atoms with E-state index in [9.17, 15) is 9.18 Å². The third kappa shape index (κ3) is 4.19. The zero-order valence-corrected chi connectivity index (χ0v) is 16.2. The summed E-state index contributed by atoms with van der Waals surface area (Å²) in [5.74, 6) is 0.0636. The Labute approximate surface area is 163 Å². The van der Waals surface area contributed by atoms with Crippen LogP contribution in [0.15, 0.2) is 39.3 Å². The summed E-state index contributed by atoms with van der Waals surface area (Å²) < 4.78 is 19.2. The van der Waals surface area contributed by atoms with E-state index in [2.05, 4.69) is 15.2 Å². The Balaban J connectivity index is 1.44. The van der Waals surface area contributed by atoms with Gasteiger partial charge in [0, 0.05) is 17.6 Å². The average Bonchev–Trinajstić information content (AvgIpc) is 3.26. The van der Waals surface area contributed by atoms with Crippen LogP contribution in [-0.4, -0.2) is 32.9 Å². The number of hydrogen-bond donors (Lipinski definition) is 0. The number of thioether (sulfide) groups is 1. The molecule has 1 saturated heterocycles. The normalized spacial score (nSPS) is 17.5. The molecule has 140 valence electrons. The molecule has 0 aliphatic carbocycles. The predicted molar refractivity (Wildman–Crippen MR) is 102 cm³/mol. The van der Waals surface area contributed by atoms with Gasteiger partial charge in [0.1, 0.15) is 5.82 Å². The van der Waals surface area contributed by atoms with Crippen LogP contribution in [0.4, 0.5) is 10.1 Å². The van der Waals surface area contributed by atoms with Gasteiger partial charge in [-0.05, 0) is 38.0 Å². The van der Waals surface area contributed by atoms with Crippen molar-refractivity contribution < 1.29 is 13.6 Å². The molecule has 6 nitrogen and oxygen atoms in total. The van der Waals surface area contributed by atoms with E-state index in [0.717, 1.165) is 23.5 Å². The molecule has 2 aromatic heterocycles. The molecule has 1 atom stereocenters. The van der Waals surface area contributed by atoms with Crippen LogP contribution in [0, 0.1) is 12.7 Å². The lowest BCUT2D eigenvalue weighted by Crippen LogP contribution is -2.43. The van der Waals surface area contributed by atoms with Crippen molar-refractivity contribution in [2.24, 2.45) is 0 Å². The van der Waals surface area contributed by atoms with Gasteiger partial charge in [0.2, 0.25) is 11.8 Å². The topological polar surface area (TPSA) is 72.1 Å². The summed E-state index contributed by atoms with van der Waals surface area (Å²) in [6, 6.07) is 6.10. The maximum Gasteiger partial charge on any atom is 0.277 e. The van der Waals surface area contributed by atoms with Crippen LogP contribution in [0.2, 0.25) is 0 Å². The molecule has 0 spiro atoms. The lowest BCUT2D eigenvalue weighted by molar-refractivity contribution is -0.119. The first-order valence-electron chi connectivity index (χ1n) is 8.55. The van der Waals surface area contributed by atoms with E-state index in [1.807, 2.05) is 12.3 Å². The number of aryl methyl sites for hydroxylation is 1. The number of halogens is 1. The SMILES string of the molecule is Cc1nc(Cc2nnc(SC3CCCN(c4cccc(F)c4)C3=O)o2)cs1. The van der Waals surface area contributed by atoms with E-state index >= 15 is 0 Å². The highest BCUT2D eigenvalue weighted by Gasteiger charge is 2.32. The Bertz CT molecular complexity index is 958. The number of nitrogens with zero attached hydrogens (tertiary/aromatic N) is 4. The molecule has 1 aromatic carbocycles. The number of thiazole rings is 1. The van der Waals surface area contributed by atoms with Gasteiger partial charge >= 0.3 is 0 Å². The monoisotopic (exact) mass is 404 g/mol. The third-order valence-corrected chi connectivity index (χ3v) is 6.11. The second-order valence-corrected chi connectivity index (χ2v) is 8.43.